The maximum absolute atomic E-state index is 11.6. The number of carbonyl (C=O) groups excluding carboxylic acids is 1. The summed E-state index contributed by atoms with van der Waals surface area (Å²) in [6, 6.07) is 5.70. The van der Waals surface area contributed by atoms with Crippen molar-refractivity contribution in [3.63, 3.8) is 0 Å². The molecule has 1 aliphatic rings. The number of methoxy groups -OCH3 is 1. The van der Waals surface area contributed by atoms with E-state index < -0.39 is 0 Å². The van der Waals surface area contributed by atoms with Crippen molar-refractivity contribution in [2.45, 2.75) is 13.0 Å². The van der Waals surface area contributed by atoms with Crippen molar-refractivity contribution in [2.75, 3.05) is 32.2 Å². The van der Waals surface area contributed by atoms with E-state index in [2.05, 4.69) is 10.6 Å². The fourth-order valence-electron chi connectivity index (χ4n) is 1.81. The van der Waals surface area contributed by atoms with Crippen molar-refractivity contribution in [3.8, 4) is 5.75 Å². The molecule has 1 amide bonds. The molecule has 2 rings (SSSR count). The zero-order chi connectivity index (χ0) is 12.8. The number of hydrogen-bond acceptors (Lipinski definition) is 4. The molecular weight excluding hydrogens is 268 g/mol. The molecule has 6 heteroatoms. The highest BCUT2D eigenvalue weighted by molar-refractivity contribution is 5.90. The van der Waals surface area contributed by atoms with Crippen LogP contribution in [0.2, 0.25) is 0 Å². The maximum atomic E-state index is 11.6. The molecule has 1 heterocycles. The van der Waals surface area contributed by atoms with Gasteiger partial charge < -0.3 is 20.1 Å². The van der Waals surface area contributed by atoms with E-state index in [1.807, 2.05) is 18.2 Å². The van der Waals surface area contributed by atoms with Crippen LogP contribution in [-0.4, -0.2) is 32.8 Å². The van der Waals surface area contributed by atoms with Gasteiger partial charge in [0.25, 0.3) is 0 Å². The molecule has 0 aliphatic carbocycles. The Hall–Kier alpha value is -1.30. The minimum absolute atomic E-state index is 0. The molecule has 0 saturated carbocycles. The van der Waals surface area contributed by atoms with Gasteiger partial charge >= 0.3 is 0 Å². The average Bonchev–Trinajstić information content (AvgIpc) is 2.61. The summed E-state index contributed by atoms with van der Waals surface area (Å²) in [6.45, 7) is 2.70. The number of carbonyl (C=O) groups is 1. The molecule has 0 spiro atoms. The fourth-order valence-corrected chi connectivity index (χ4v) is 1.81. The zero-order valence-electron chi connectivity index (χ0n) is 10.9. The molecule has 0 saturated heterocycles. The first-order valence-electron chi connectivity index (χ1n) is 6.05. The largest absolute Gasteiger partial charge is 0.492 e. The molecule has 19 heavy (non-hydrogen) atoms. The standard InChI is InChI=1S/C13H18N2O3.ClH/c1-17-6-4-13(16)15-11-2-3-12-10(8-11)9-14-5-7-18-12;/h2-3,8,14H,4-7,9H2,1H3,(H,15,16);1H. The van der Waals surface area contributed by atoms with Gasteiger partial charge in [-0.3, -0.25) is 4.79 Å². The third kappa shape index (κ3) is 4.70. The lowest BCUT2D eigenvalue weighted by molar-refractivity contribution is -0.117. The van der Waals surface area contributed by atoms with Crippen molar-refractivity contribution in [1.29, 1.82) is 0 Å². The van der Waals surface area contributed by atoms with Crippen LogP contribution in [-0.2, 0) is 16.1 Å². The van der Waals surface area contributed by atoms with Gasteiger partial charge in [0.05, 0.1) is 13.0 Å². The van der Waals surface area contributed by atoms with Gasteiger partial charge in [0.15, 0.2) is 0 Å². The first-order valence-corrected chi connectivity index (χ1v) is 6.05. The number of hydrogen-bond donors (Lipinski definition) is 2. The molecule has 0 bridgehead atoms. The number of benzene rings is 1. The number of fused-ring (bicyclic) bond motifs is 1. The summed E-state index contributed by atoms with van der Waals surface area (Å²) in [4.78, 5) is 11.6. The summed E-state index contributed by atoms with van der Waals surface area (Å²) in [5.74, 6) is 0.842. The van der Waals surface area contributed by atoms with Crippen molar-refractivity contribution in [2.24, 2.45) is 0 Å². The van der Waals surface area contributed by atoms with E-state index >= 15 is 0 Å². The molecule has 0 unspecified atom stereocenters. The number of halogens is 1. The third-order valence-electron chi connectivity index (χ3n) is 2.73. The molecule has 2 N–H and O–H groups in total. The molecule has 5 nitrogen and oxygen atoms in total. The average molecular weight is 287 g/mol. The second-order valence-corrected chi connectivity index (χ2v) is 4.14. The summed E-state index contributed by atoms with van der Waals surface area (Å²) in [5, 5.41) is 6.11. The predicted molar refractivity (Wildman–Crippen MR) is 76.0 cm³/mol. The first kappa shape index (κ1) is 15.8. The molecule has 0 radical (unpaired) electrons. The minimum Gasteiger partial charge on any atom is -0.492 e. The summed E-state index contributed by atoms with van der Waals surface area (Å²) in [7, 11) is 1.58. The second-order valence-electron chi connectivity index (χ2n) is 4.14. The van der Waals surface area contributed by atoms with E-state index in [4.69, 9.17) is 9.47 Å². The lowest BCUT2D eigenvalue weighted by Crippen LogP contribution is -2.16. The quantitative estimate of drug-likeness (QED) is 0.882. The molecule has 0 fully saturated rings. The number of amides is 1. The van der Waals surface area contributed by atoms with E-state index in [0.29, 0.717) is 19.6 Å². The Morgan fingerprint density at radius 2 is 2.37 bits per heavy atom. The summed E-state index contributed by atoms with van der Waals surface area (Å²) in [6.07, 6.45) is 0.363. The Balaban J connectivity index is 0.00000180. The molecule has 1 aromatic carbocycles. The Morgan fingerprint density at radius 3 is 3.16 bits per heavy atom. The van der Waals surface area contributed by atoms with E-state index in [0.717, 1.165) is 30.1 Å². The van der Waals surface area contributed by atoms with Crippen LogP contribution in [0.3, 0.4) is 0 Å². The van der Waals surface area contributed by atoms with E-state index in [1.54, 1.807) is 7.11 Å². The van der Waals surface area contributed by atoms with Gasteiger partial charge in [-0.1, -0.05) is 0 Å². The Kier molecular flexibility index (Phi) is 6.62. The Morgan fingerprint density at radius 1 is 1.53 bits per heavy atom. The highest BCUT2D eigenvalue weighted by Crippen LogP contribution is 2.24. The molecule has 106 valence electrons. The van der Waals surface area contributed by atoms with Crippen molar-refractivity contribution >= 4 is 24.0 Å². The van der Waals surface area contributed by atoms with E-state index in [-0.39, 0.29) is 18.3 Å². The van der Waals surface area contributed by atoms with Gasteiger partial charge in [-0.15, -0.1) is 12.4 Å². The van der Waals surface area contributed by atoms with Crippen molar-refractivity contribution < 1.29 is 14.3 Å². The molecule has 1 aliphatic heterocycles. The van der Waals surface area contributed by atoms with E-state index in [9.17, 15) is 4.79 Å². The maximum Gasteiger partial charge on any atom is 0.226 e. The van der Waals surface area contributed by atoms with Gasteiger partial charge in [0, 0.05) is 31.5 Å². The van der Waals surface area contributed by atoms with Crippen LogP contribution in [0, 0.1) is 0 Å². The van der Waals surface area contributed by atoms with Gasteiger partial charge in [-0.05, 0) is 18.2 Å². The van der Waals surface area contributed by atoms with Gasteiger partial charge in [0.1, 0.15) is 12.4 Å². The summed E-state index contributed by atoms with van der Waals surface area (Å²) < 4.78 is 10.4. The Labute approximate surface area is 119 Å². The highest BCUT2D eigenvalue weighted by Gasteiger charge is 2.10. The minimum atomic E-state index is -0.0423. The molecule has 0 atom stereocenters. The van der Waals surface area contributed by atoms with E-state index in [1.165, 1.54) is 0 Å². The van der Waals surface area contributed by atoms with Gasteiger partial charge in [0.2, 0.25) is 5.91 Å². The predicted octanol–water partition coefficient (Wildman–Crippen LogP) is 1.57. The molecule has 0 aromatic heterocycles. The Bertz CT molecular complexity index is 426. The fraction of sp³-hybridized carbons (Fsp3) is 0.462. The van der Waals surface area contributed by atoms with Crippen LogP contribution in [0.15, 0.2) is 18.2 Å². The monoisotopic (exact) mass is 286 g/mol. The summed E-state index contributed by atoms with van der Waals surface area (Å²) >= 11 is 0. The summed E-state index contributed by atoms with van der Waals surface area (Å²) in [5.41, 5.74) is 1.86. The van der Waals surface area contributed by atoms with Gasteiger partial charge in [-0.2, -0.15) is 0 Å². The van der Waals surface area contributed by atoms with Crippen LogP contribution >= 0.6 is 12.4 Å². The molecule has 1 aromatic rings. The van der Waals surface area contributed by atoms with Crippen LogP contribution < -0.4 is 15.4 Å². The van der Waals surface area contributed by atoms with Gasteiger partial charge in [-0.25, -0.2) is 0 Å². The number of nitrogens with one attached hydrogen (secondary N) is 2. The van der Waals surface area contributed by atoms with Crippen molar-refractivity contribution in [3.05, 3.63) is 23.8 Å². The number of rotatable bonds is 4. The highest BCUT2D eigenvalue weighted by atomic mass is 35.5. The number of anilines is 1. The zero-order valence-corrected chi connectivity index (χ0v) is 11.7. The lowest BCUT2D eigenvalue weighted by Gasteiger charge is -2.10. The van der Waals surface area contributed by atoms with Crippen molar-refractivity contribution in [1.82, 2.24) is 5.32 Å². The molecular formula is C13H19ClN2O3. The first-order chi connectivity index (χ1) is 8.79. The van der Waals surface area contributed by atoms with Crippen LogP contribution in [0.5, 0.6) is 5.75 Å². The topological polar surface area (TPSA) is 59.6 Å². The lowest BCUT2D eigenvalue weighted by atomic mass is 10.1. The normalized spacial score (nSPS) is 13.5. The smallest absolute Gasteiger partial charge is 0.226 e. The van der Waals surface area contributed by atoms with Crippen LogP contribution in [0.25, 0.3) is 0 Å². The van der Waals surface area contributed by atoms with Crippen LogP contribution in [0.1, 0.15) is 12.0 Å². The number of ether oxygens (including phenoxy) is 2. The van der Waals surface area contributed by atoms with Crippen LogP contribution in [0.4, 0.5) is 5.69 Å². The second kappa shape index (κ2) is 7.99. The third-order valence-corrected chi connectivity index (χ3v) is 2.73. The SMILES string of the molecule is COCCC(=O)Nc1ccc2c(c1)CNCCO2.Cl.